The van der Waals surface area contributed by atoms with E-state index < -0.39 is 12.1 Å². The standard InChI is InChI=1S/C27H28N4O3/c1-18-5-9-20(10-6-18)25-24(28-26(32)21-11-15-23(34-4)16-12-21)27(33)29-31(25)17-19-7-13-22(14-8-19)30(2)3/h5-17,24-25H,1-4H3,(H-,28,29,32,33)/p+1/t24-,25+/m0/s1. The smallest absolute Gasteiger partial charge is 0.304 e. The van der Waals surface area contributed by atoms with Crippen LogP contribution in [0.1, 0.15) is 33.1 Å². The summed E-state index contributed by atoms with van der Waals surface area (Å²) in [6.45, 7) is 2.01. The number of hydrogen-bond acceptors (Lipinski definition) is 4. The number of carbonyl (C=O) groups excluding carboxylic acids is 2. The van der Waals surface area contributed by atoms with Crippen LogP contribution in [0, 0.1) is 6.92 Å². The van der Waals surface area contributed by atoms with Gasteiger partial charge in [0.2, 0.25) is 12.3 Å². The Bertz CT molecular complexity index is 1200. The van der Waals surface area contributed by atoms with Gasteiger partial charge in [0.1, 0.15) is 5.75 Å². The molecule has 3 aromatic rings. The second-order valence-corrected chi connectivity index (χ2v) is 8.53. The zero-order valence-electron chi connectivity index (χ0n) is 19.8. The molecule has 1 fully saturated rings. The van der Waals surface area contributed by atoms with Gasteiger partial charge in [-0.15, -0.1) is 10.1 Å². The Morgan fingerprint density at radius 1 is 1.00 bits per heavy atom. The lowest BCUT2D eigenvalue weighted by Crippen LogP contribution is -2.42. The summed E-state index contributed by atoms with van der Waals surface area (Å²) < 4.78 is 6.94. The molecular weight excluding hydrogens is 428 g/mol. The second kappa shape index (κ2) is 9.79. The first-order valence-electron chi connectivity index (χ1n) is 11.1. The molecule has 1 heterocycles. The summed E-state index contributed by atoms with van der Waals surface area (Å²) in [6, 6.07) is 21.6. The number of rotatable bonds is 6. The molecule has 1 aliphatic heterocycles. The fourth-order valence-electron chi connectivity index (χ4n) is 3.93. The number of nitrogens with zero attached hydrogens (tertiary/aromatic N) is 2. The second-order valence-electron chi connectivity index (χ2n) is 8.53. The topological polar surface area (TPSA) is 73.7 Å². The van der Waals surface area contributed by atoms with Gasteiger partial charge in [-0.05, 0) is 55.5 Å². The van der Waals surface area contributed by atoms with Crippen molar-refractivity contribution in [2.45, 2.75) is 19.0 Å². The Morgan fingerprint density at radius 3 is 2.24 bits per heavy atom. The molecule has 0 spiro atoms. The minimum absolute atomic E-state index is 0.270. The highest BCUT2D eigenvalue weighted by molar-refractivity contribution is 5.98. The van der Waals surface area contributed by atoms with Crippen molar-refractivity contribution < 1.29 is 19.0 Å². The third-order valence-corrected chi connectivity index (χ3v) is 5.89. The molecule has 34 heavy (non-hydrogen) atoms. The fourth-order valence-corrected chi connectivity index (χ4v) is 3.93. The molecule has 0 aliphatic carbocycles. The van der Waals surface area contributed by atoms with Crippen molar-refractivity contribution in [2.75, 3.05) is 26.1 Å². The third kappa shape index (κ3) is 4.93. The highest BCUT2D eigenvalue weighted by Crippen LogP contribution is 2.26. The van der Waals surface area contributed by atoms with E-state index in [9.17, 15) is 9.59 Å². The first-order chi connectivity index (χ1) is 16.4. The van der Waals surface area contributed by atoms with Gasteiger partial charge in [0.15, 0.2) is 6.04 Å². The van der Waals surface area contributed by atoms with Gasteiger partial charge in [0, 0.05) is 36.5 Å². The zero-order chi connectivity index (χ0) is 24.2. The van der Waals surface area contributed by atoms with Crippen molar-refractivity contribution in [3.8, 4) is 5.75 Å². The molecule has 7 nitrogen and oxygen atoms in total. The van der Waals surface area contributed by atoms with E-state index in [1.165, 1.54) is 0 Å². The summed E-state index contributed by atoms with van der Waals surface area (Å²) in [4.78, 5) is 28.0. The predicted molar refractivity (Wildman–Crippen MR) is 133 cm³/mol. The largest absolute Gasteiger partial charge is 0.497 e. The number of hydrazine groups is 1. The molecule has 0 saturated carbocycles. The van der Waals surface area contributed by atoms with E-state index in [1.807, 2.05) is 80.7 Å². The van der Waals surface area contributed by atoms with Gasteiger partial charge in [0.25, 0.3) is 5.91 Å². The minimum Gasteiger partial charge on any atom is -0.497 e. The highest BCUT2D eigenvalue weighted by atomic mass is 16.5. The molecule has 0 aromatic heterocycles. The lowest BCUT2D eigenvalue weighted by Gasteiger charge is -2.15. The third-order valence-electron chi connectivity index (χ3n) is 5.89. The van der Waals surface area contributed by atoms with Crippen LogP contribution < -0.4 is 20.4 Å². The molecule has 174 valence electrons. The van der Waals surface area contributed by atoms with Gasteiger partial charge in [-0.3, -0.25) is 9.59 Å². The van der Waals surface area contributed by atoms with Gasteiger partial charge in [-0.25, -0.2) is 0 Å². The van der Waals surface area contributed by atoms with Crippen molar-refractivity contribution in [3.05, 3.63) is 95.1 Å². The van der Waals surface area contributed by atoms with Crippen molar-refractivity contribution >= 4 is 23.7 Å². The van der Waals surface area contributed by atoms with Gasteiger partial charge < -0.3 is 15.0 Å². The molecule has 0 radical (unpaired) electrons. The summed E-state index contributed by atoms with van der Waals surface area (Å²) in [7, 11) is 5.55. The Morgan fingerprint density at radius 2 is 1.65 bits per heavy atom. The van der Waals surface area contributed by atoms with Crippen LogP contribution >= 0.6 is 0 Å². The SMILES string of the molecule is COc1ccc(C(=O)N[C@@H]2C(=O)N/[N+](=C\c3ccc(N(C)C)cc3)[C@@H]2c2ccc(C)cc2)cc1. The van der Waals surface area contributed by atoms with E-state index in [0.29, 0.717) is 11.3 Å². The van der Waals surface area contributed by atoms with E-state index in [-0.39, 0.29) is 11.8 Å². The number of benzene rings is 3. The average molecular weight is 458 g/mol. The molecule has 4 rings (SSSR count). The van der Waals surface area contributed by atoms with E-state index in [2.05, 4.69) is 10.7 Å². The van der Waals surface area contributed by atoms with Crippen LogP contribution in [0.15, 0.2) is 72.8 Å². The maximum Gasteiger partial charge on any atom is 0.304 e. The summed E-state index contributed by atoms with van der Waals surface area (Å²) in [5.74, 6) is 0.0689. The Labute approximate surface area is 199 Å². The molecule has 7 heteroatoms. The summed E-state index contributed by atoms with van der Waals surface area (Å²) in [6.07, 6.45) is 1.89. The van der Waals surface area contributed by atoms with Crippen LogP contribution in [0.3, 0.4) is 0 Å². The lowest BCUT2D eigenvalue weighted by atomic mass is 9.98. The van der Waals surface area contributed by atoms with Gasteiger partial charge >= 0.3 is 5.91 Å². The fraction of sp³-hybridized carbons (Fsp3) is 0.222. The molecule has 2 atom stereocenters. The number of carbonyl (C=O) groups is 2. The quantitative estimate of drug-likeness (QED) is 0.558. The van der Waals surface area contributed by atoms with Crippen molar-refractivity contribution in [3.63, 3.8) is 0 Å². The first kappa shape index (κ1) is 23.0. The lowest BCUT2D eigenvalue weighted by molar-refractivity contribution is -0.596. The van der Waals surface area contributed by atoms with Gasteiger partial charge in [0.05, 0.1) is 7.11 Å². The minimum atomic E-state index is -0.769. The highest BCUT2D eigenvalue weighted by Gasteiger charge is 2.47. The number of ether oxygens (including phenoxy) is 1. The van der Waals surface area contributed by atoms with Gasteiger partial charge in [-0.1, -0.05) is 29.8 Å². The predicted octanol–water partition coefficient (Wildman–Crippen LogP) is 3.09. The van der Waals surface area contributed by atoms with Crippen molar-refractivity contribution in [1.82, 2.24) is 10.7 Å². The number of hydrazone groups is 1. The molecule has 2 N–H and O–H groups in total. The van der Waals surface area contributed by atoms with Crippen LogP contribution in [0.25, 0.3) is 0 Å². The number of aryl methyl sites for hydroxylation is 1. The Kier molecular flexibility index (Phi) is 6.63. The first-order valence-corrected chi connectivity index (χ1v) is 11.1. The van der Waals surface area contributed by atoms with E-state index >= 15 is 0 Å². The molecule has 0 bridgehead atoms. The Hall–Kier alpha value is -4.13. The summed E-state index contributed by atoms with van der Waals surface area (Å²) in [5, 5.41) is 2.93. The Balaban J connectivity index is 1.66. The number of nitrogens with one attached hydrogen (secondary N) is 2. The molecular formula is C27H29N4O3+. The van der Waals surface area contributed by atoms with Crippen LogP contribution in [-0.4, -0.2) is 50.0 Å². The van der Waals surface area contributed by atoms with Crippen LogP contribution in [0.4, 0.5) is 5.69 Å². The molecule has 1 aliphatic rings. The summed E-state index contributed by atoms with van der Waals surface area (Å²) in [5.41, 5.74) is 7.44. The summed E-state index contributed by atoms with van der Waals surface area (Å²) >= 11 is 0. The molecule has 2 amide bonds. The number of hydrogen-bond donors (Lipinski definition) is 2. The van der Waals surface area contributed by atoms with Crippen LogP contribution in [-0.2, 0) is 4.79 Å². The van der Waals surface area contributed by atoms with Crippen LogP contribution in [0.2, 0.25) is 0 Å². The number of amides is 2. The maximum atomic E-state index is 13.0. The normalized spacial score (nSPS) is 18.5. The van der Waals surface area contributed by atoms with Crippen molar-refractivity contribution in [1.29, 1.82) is 0 Å². The van der Waals surface area contributed by atoms with E-state index in [0.717, 1.165) is 22.4 Å². The number of methoxy groups -OCH3 is 1. The molecule has 1 saturated heterocycles. The average Bonchev–Trinajstić information content (AvgIpc) is 3.14. The maximum absolute atomic E-state index is 13.0. The molecule has 0 unspecified atom stereocenters. The van der Waals surface area contributed by atoms with E-state index in [4.69, 9.17) is 4.74 Å². The molecule has 3 aromatic carbocycles. The van der Waals surface area contributed by atoms with Gasteiger partial charge in [-0.2, -0.15) is 0 Å². The van der Waals surface area contributed by atoms with E-state index in [1.54, 1.807) is 36.1 Å². The van der Waals surface area contributed by atoms with Crippen molar-refractivity contribution in [2.24, 2.45) is 0 Å². The van der Waals surface area contributed by atoms with Crippen LogP contribution in [0.5, 0.6) is 5.75 Å². The zero-order valence-corrected chi connectivity index (χ0v) is 19.8. The monoisotopic (exact) mass is 457 g/mol. The number of anilines is 1.